The first-order valence-electron chi connectivity index (χ1n) is 8.81. The number of para-hydroxylation sites is 1. The number of ether oxygens (including phenoxy) is 2. The smallest absolute Gasteiger partial charge is 0.337 e. The van der Waals surface area contributed by atoms with E-state index in [-0.39, 0.29) is 12.3 Å². The van der Waals surface area contributed by atoms with Crippen molar-refractivity contribution in [2.75, 3.05) is 18.6 Å². The molecule has 3 rings (SSSR count). The molecule has 0 radical (unpaired) electrons. The molecule has 27 heavy (non-hydrogen) atoms. The monoisotopic (exact) mass is 367 g/mol. The molecule has 2 aromatic rings. The van der Waals surface area contributed by atoms with Crippen molar-refractivity contribution in [2.45, 2.75) is 19.8 Å². The number of anilines is 1. The normalized spacial score (nSPS) is 16.3. The van der Waals surface area contributed by atoms with Crippen LogP contribution in [-0.2, 0) is 20.7 Å². The Kier molecular flexibility index (Phi) is 5.54. The lowest BCUT2D eigenvalue weighted by molar-refractivity contribution is -0.139. The van der Waals surface area contributed by atoms with Gasteiger partial charge in [-0.25, -0.2) is 4.79 Å². The van der Waals surface area contributed by atoms with Crippen molar-refractivity contribution in [3.63, 3.8) is 0 Å². The fourth-order valence-corrected chi connectivity index (χ4v) is 3.15. The zero-order chi connectivity index (χ0) is 19.4. The molecule has 1 fully saturated rings. The topological polar surface area (TPSA) is 72.9 Å². The van der Waals surface area contributed by atoms with Crippen LogP contribution in [-0.4, -0.2) is 31.5 Å². The predicted octanol–water partition coefficient (Wildman–Crippen LogP) is 2.99. The lowest BCUT2D eigenvalue weighted by atomic mass is 10.1. The number of hydrogen-bond acceptors (Lipinski definition) is 5. The molecule has 0 spiro atoms. The van der Waals surface area contributed by atoms with E-state index in [2.05, 4.69) is 4.74 Å². The van der Waals surface area contributed by atoms with Crippen molar-refractivity contribution in [1.29, 1.82) is 0 Å². The second kappa shape index (κ2) is 8.03. The maximum absolute atomic E-state index is 12.5. The Hall–Kier alpha value is -3.15. The van der Waals surface area contributed by atoms with Gasteiger partial charge in [-0.3, -0.25) is 9.59 Å². The van der Waals surface area contributed by atoms with Crippen LogP contribution in [0.4, 0.5) is 5.69 Å². The highest BCUT2D eigenvalue weighted by Crippen LogP contribution is 2.29. The summed E-state index contributed by atoms with van der Waals surface area (Å²) in [6, 6.07) is 13.8. The standard InChI is InChI=1S/C21H21NO5/c1-3-14-6-4-5-7-18(14)22-13-16(12-19(22)23)21(25)27-17-10-8-15(9-11-17)20(24)26-2/h4-11,16H,3,12-13H2,1-2H3/t16-/m0/s1. The molecule has 1 saturated heterocycles. The van der Waals surface area contributed by atoms with Gasteiger partial charge >= 0.3 is 11.9 Å². The Labute approximate surface area is 157 Å². The quantitative estimate of drug-likeness (QED) is 0.600. The first-order valence-corrected chi connectivity index (χ1v) is 8.81. The van der Waals surface area contributed by atoms with E-state index in [1.165, 1.54) is 31.4 Å². The summed E-state index contributed by atoms with van der Waals surface area (Å²) in [6.45, 7) is 2.33. The Balaban J connectivity index is 1.68. The highest BCUT2D eigenvalue weighted by atomic mass is 16.5. The fraction of sp³-hybridized carbons (Fsp3) is 0.286. The number of aryl methyl sites for hydroxylation is 1. The number of methoxy groups -OCH3 is 1. The first-order chi connectivity index (χ1) is 13.0. The van der Waals surface area contributed by atoms with Crippen molar-refractivity contribution in [1.82, 2.24) is 0 Å². The van der Waals surface area contributed by atoms with Gasteiger partial charge in [0.1, 0.15) is 5.75 Å². The zero-order valence-electron chi connectivity index (χ0n) is 15.3. The molecule has 1 atom stereocenters. The van der Waals surface area contributed by atoms with Gasteiger partial charge in [-0.1, -0.05) is 25.1 Å². The van der Waals surface area contributed by atoms with E-state index in [0.717, 1.165) is 17.7 Å². The van der Waals surface area contributed by atoms with E-state index >= 15 is 0 Å². The van der Waals surface area contributed by atoms with Crippen LogP contribution < -0.4 is 9.64 Å². The lowest BCUT2D eigenvalue weighted by Crippen LogP contribution is -2.28. The van der Waals surface area contributed by atoms with Crippen molar-refractivity contribution in [3.05, 3.63) is 59.7 Å². The molecule has 2 aromatic carbocycles. The van der Waals surface area contributed by atoms with Gasteiger partial charge < -0.3 is 14.4 Å². The molecule has 1 heterocycles. The Morgan fingerprint density at radius 1 is 1.11 bits per heavy atom. The molecule has 0 saturated carbocycles. The summed E-state index contributed by atoms with van der Waals surface area (Å²) in [6.07, 6.45) is 0.929. The van der Waals surface area contributed by atoms with Crippen LogP contribution in [0.1, 0.15) is 29.3 Å². The number of carbonyl (C=O) groups is 3. The molecule has 6 heteroatoms. The predicted molar refractivity (Wildman–Crippen MR) is 99.7 cm³/mol. The number of nitrogens with zero attached hydrogens (tertiary/aromatic N) is 1. The largest absolute Gasteiger partial charge is 0.465 e. The van der Waals surface area contributed by atoms with Crippen molar-refractivity contribution >= 4 is 23.5 Å². The average molecular weight is 367 g/mol. The first kappa shape index (κ1) is 18.6. The van der Waals surface area contributed by atoms with Gasteiger partial charge in [0, 0.05) is 18.7 Å². The minimum absolute atomic E-state index is 0.0844. The van der Waals surface area contributed by atoms with Gasteiger partial charge in [0.2, 0.25) is 5.91 Å². The third kappa shape index (κ3) is 4.00. The zero-order valence-corrected chi connectivity index (χ0v) is 15.3. The molecule has 0 bridgehead atoms. The van der Waals surface area contributed by atoms with Crippen LogP contribution in [0.15, 0.2) is 48.5 Å². The summed E-state index contributed by atoms with van der Waals surface area (Å²) in [7, 11) is 1.30. The summed E-state index contributed by atoms with van der Waals surface area (Å²) in [5.41, 5.74) is 2.29. The third-order valence-corrected chi connectivity index (χ3v) is 4.62. The highest BCUT2D eigenvalue weighted by Gasteiger charge is 2.37. The van der Waals surface area contributed by atoms with E-state index < -0.39 is 17.9 Å². The van der Waals surface area contributed by atoms with E-state index in [4.69, 9.17) is 4.74 Å². The van der Waals surface area contributed by atoms with E-state index in [9.17, 15) is 14.4 Å². The Bertz CT molecular complexity index is 859. The molecule has 0 aliphatic carbocycles. The summed E-state index contributed by atoms with van der Waals surface area (Å²) >= 11 is 0. The van der Waals surface area contributed by atoms with Crippen LogP contribution in [0.25, 0.3) is 0 Å². The molecular formula is C21H21NO5. The van der Waals surface area contributed by atoms with Crippen molar-refractivity contribution < 1.29 is 23.9 Å². The van der Waals surface area contributed by atoms with Gasteiger partial charge in [0.25, 0.3) is 0 Å². The molecular weight excluding hydrogens is 346 g/mol. The van der Waals surface area contributed by atoms with E-state index in [1.54, 1.807) is 4.90 Å². The minimum atomic E-state index is -0.525. The molecule has 1 aliphatic rings. The molecule has 0 unspecified atom stereocenters. The SMILES string of the molecule is CCc1ccccc1N1C[C@@H](C(=O)Oc2ccc(C(=O)OC)cc2)CC1=O. The highest BCUT2D eigenvalue weighted by molar-refractivity contribution is 6.00. The average Bonchev–Trinajstić information content (AvgIpc) is 3.09. The van der Waals surface area contributed by atoms with Gasteiger partial charge in [-0.15, -0.1) is 0 Å². The van der Waals surface area contributed by atoms with Gasteiger partial charge in [-0.05, 0) is 42.3 Å². The molecule has 1 amide bonds. The molecule has 6 nitrogen and oxygen atoms in total. The maximum Gasteiger partial charge on any atom is 0.337 e. The molecule has 0 N–H and O–H groups in total. The maximum atomic E-state index is 12.5. The van der Waals surface area contributed by atoms with Crippen LogP contribution in [0.3, 0.4) is 0 Å². The number of esters is 2. The van der Waals surface area contributed by atoms with Crippen molar-refractivity contribution in [2.24, 2.45) is 5.92 Å². The summed E-state index contributed by atoms with van der Waals surface area (Å²) < 4.78 is 10.0. The van der Waals surface area contributed by atoms with E-state index in [0.29, 0.717) is 17.9 Å². The second-order valence-electron chi connectivity index (χ2n) is 6.32. The molecule has 140 valence electrons. The third-order valence-electron chi connectivity index (χ3n) is 4.62. The van der Waals surface area contributed by atoms with Gasteiger partial charge in [0.05, 0.1) is 18.6 Å². The van der Waals surface area contributed by atoms with Crippen molar-refractivity contribution in [3.8, 4) is 5.75 Å². The summed E-state index contributed by atoms with van der Waals surface area (Å²) in [4.78, 5) is 38.0. The lowest BCUT2D eigenvalue weighted by Gasteiger charge is -2.19. The second-order valence-corrected chi connectivity index (χ2v) is 6.32. The number of hydrogen-bond donors (Lipinski definition) is 0. The van der Waals surface area contributed by atoms with Crippen LogP contribution >= 0.6 is 0 Å². The fourth-order valence-electron chi connectivity index (χ4n) is 3.15. The number of amides is 1. The van der Waals surface area contributed by atoms with Crippen LogP contribution in [0.5, 0.6) is 5.75 Å². The molecule has 0 aromatic heterocycles. The Morgan fingerprint density at radius 3 is 2.48 bits per heavy atom. The molecule has 1 aliphatic heterocycles. The summed E-state index contributed by atoms with van der Waals surface area (Å²) in [5, 5.41) is 0. The Morgan fingerprint density at radius 2 is 1.81 bits per heavy atom. The number of rotatable bonds is 5. The van der Waals surface area contributed by atoms with Crippen LogP contribution in [0, 0.1) is 5.92 Å². The number of carbonyl (C=O) groups excluding carboxylic acids is 3. The van der Waals surface area contributed by atoms with Gasteiger partial charge in [0.15, 0.2) is 0 Å². The van der Waals surface area contributed by atoms with Crippen LogP contribution in [0.2, 0.25) is 0 Å². The minimum Gasteiger partial charge on any atom is -0.465 e. The number of benzene rings is 2. The van der Waals surface area contributed by atoms with Gasteiger partial charge in [-0.2, -0.15) is 0 Å². The summed E-state index contributed by atoms with van der Waals surface area (Å²) in [5.74, 6) is -1.20. The van der Waals surface area contributed by atoms with E-state index in [1.807, 2.05) is 31.2 Å².